The molecule has 1 fully saturated rings. The largest absolute Gasteiger partial charge is 0.454 e. The number of hydrogen-bond acceptors (Lipinski definition) is 10. The Hall–Kier alpha value is -3.16. The van der Waals surface area contributed by atoms with E-state index in [1.807, 2.05) is 42.5 Å². The summed E-state index contributed by atoms with van der Waals surface area (Å²) in [6, 6.07) is -1.04. The number of nitrogens with one attached hydrogen (secondary N) is 1. The zero-order valence-electron chi connectivity index (χ0n) is 46.2. The van der Waals surface area contributed by atoms with E-state index in [2.05, 4.69) is 62.5 Å². The van der Waals surface area contributed by atoms with Crippen molar-refractivity contribution in [2.45, 2.75) is 282 Å². The second-order valence-corrected chi connectivity index (χ2v) is 20.1. The standard InChI is InChI=1S/C62H107NO10/c1-4-7-10-13-16-19-22-25-27-28-29-32-35-38-41-44-47-50-57(67)73-60-59(69)58(68)56(51-64)72-62(60)71-52-53(54(65)48-45-42-39-36-33-30-24-21-18-15-12-9-6-3)63-61(70)55(66)49-46-43-40-37-34-31-26-23-20-17-14-11-8-5-2/h8,11,14,16-17,19-20,23,25-27,31,45,48,53-56,58-60,62,64-66,68-69H,4-7,9-10,12-13,15,18,21-22,24,28-30,32-44,46-47,49-52H2,1-3H3,(H,63,70)/b11-8+,17-14+,19-16-,23-20+,27-25-,31-26-,48-45+. The van der Waals surface area contributed by atoms with Crippen molar-refractivity contribution >= 4 is 11.9 Å². The summed E-state index contributed by atoms with van der Waals surface area (Å²) in [5, 5.41) is 56.8. The van der Waals surface area contributed by atoms with E-state index in [0.717, 1.165) is 89.9 Å². The van der Waals surface area contributed by atoms with Gasteiger partial charge in [-0.1, -0.05) is 234 Å². The minimum absolute atomic E-state index is 0.108. The molecule has 1 saturated heterocycles. The van der Waals surface area contributed by atoms with Crippen molar-refractivity contribution in [3.8, 4) is 0 Å². The van der Waals surface area contributed by atoms with Crippen LogP contribution < -0.4 is 5.32 Å². The van der Waals surface area contributed by atoms with Crippen molar-refractivity contribution in [2.24, 2.45) is 0 Å². The van der Waals surface area contributed by atoms with E-state index in [4.69, 9.17) is 14.2 Å². The van der Waals surface area contributed by atoms with E-state index >= 15 is 0 Å². The molecule has 420 valence electrons. The molecule has 1 amide bonds. The lowest BCUT2D eigenvalue weighted by Gasteiger charge is -2.41. The van der Waals surface area contributed by atoms with Gasteiger partial charge in [-0.3, -0.25) is 9.59 Å². The number of carbonyl (C=O) groups is 2. The number of allylic oxidation sites excluding steroid dienone is 13. The van der Waals surface area contributed by atoms with Gasteiger partial charge in [0.05, 0.1) is 25.4 Å². The van der Waals surface area contributed by atoms with Crippen LogP contribution in [-0.4, -0.2) is 99.6 Å². The number of hydrogen-bond donors (Lipinski definition) is 6. The van der Waals surface area contributed by atoms with Crippen LogP contribution in [0, 0.1) is 0 Å². The van der Waals surface area contributed by atoms with Crippen LogP contribution in [0.2, 0.25) is 0 Å². The summed E-state index contributed by atoms with van der Waals surface area (Å²) in [7, 11) is 0. The first-order valence-corrected chi connectivity index (χ1v) is 29.4. The Bertz CT molecular complexity index is 1510. The van der Waals surface area contributed by atoms with Crippen LogP contribution in [-0.2, 0) is 23.8 Å². The number of unbranched alkanes of at least 4 members (excludes halogenated alkanes) is 25. The summed E-state index contributed by atoms with van der Waals surface area (Å²) in [6.45, 7) is 5.59. The molecule has 11 heteroatoms. The number of esters is 1. The van der Waals surface area contributed by atoms with Crippen LogP contribution in [0.15, 0.2) is 85.1 Å². The van der Waals surface area contributed by atoms with Crippen molar-refractivity contribution < 1.29 is 49.3 Å². The normalized spacial score (nSPS) is 20.0. The first-order valence-electron chi connectivity index (χ1n) is 29.4. The van der Waals surface area contributed by atoms with Crippen LogP contribution in [0.1, 0.15) is 233 Å². The molecule has 8 unspecified atom stereocenters. The molecule has 0 aromatic heterocycles. The van der Waals surface area contributed by atoms with E-state index in [0.29, 0.717) is 12.8 Å². The predicted octanol–water partition coefficient (Wildman–Crippen LogP) is 13.4. The molecule has 0 aliphatic carbocycles. The Balaban J connectivity index is 2.75. The third-order valence-electron chi connectivity index (χ3n) is 13.4. The second-order valence-electron chi connectivity index (χ2n) is 20.1. The number of aliphatic hydroxyl groups is 5. The highest BCUT2D eigenvalue weighted by molar-refractivity contribution is 5.80. The fraction of sp³-hybridized carbons (Fsp3) is 0.742. The van der Waals surface area contributed by atoms with Gasteiger partial charge in [-0.2, -0.15) is 0 Å². The molecule has 1 aliphatic heterocycles. The van der Waals surface area contributed by atoms with Crippen molar-refractivity contribution in [1.29, 1.82) is 0 Å². The van der Waals surface area contributed by atoms with Crippen LogP contribution in [0.4, 0.5) is 0 Å². The summed E-state index contributed by atoms with van der Waals surface area (Å²) in [5.74, 6) is -1.23. The fourth-order valence-corrected chi connectivity index (χ4v) is 8.69. The molecule has 0 radical (unpaired) electrons. The number of ether oxygens (including phenoxy) is 3. The van der Waals surface area contributed by atoms with Crippen molar-refractivity contribution in [3.05, 3.63) is 85.1 Å². The van der Waals surface area contributed by atoms with Crippen LogP contribution >= 0.6 is 0 Å². The Morgan fingerprint density at radius 1 is 0.562 bits per heavy atom. The van der Waals surface area contributed by atoms with Gasteiger partial charge in [0.25, 0.3) is 0 Å². The molecule has 8 atom stereocenters. The van der Waals surface area contributed by atoms with Gasteiger partial charge in [0.2, 0.25) is 5.91 Å². The van der Waals surface area contributed by atoms with E-state index in [9.17, 15) is 35.1 Å². The van der Waals surface area contributed by atoms with Gasteiger partial charge in [0.15, 0.2) is 12.4 Å². The third kappa shape index (κ3) is 38.1. The number of carbonyl (C=O) groups excluding carboxylic acids is 2. The summed E-state index contributed by atoms with van der Waals surface area (Å²) in [4.78, 5) is 26.5. The lowest BCUT2D eigenvalue weighted by Crippen LogP contribution is -2.61. The van der Waals surface area contributed by atoms with Gasteiger partial charge in [-0.25, -0.2) is 0 Å². The predicted molar refractivity (Wildman–Crippen MR) is 301 cm³/mol. The van der Waals surface area contributed by atoms with Crippen molar-refractivity contribution in [3.63, 3.8) is 0 Å². The molecule has 1 aliphatic rings. The molecule has 0 bridgehead atoms. The highest BCUT2D eigenvalue weighted by Crippen LogP contribution is 2.26. The minimum atomic E-state index is -1.62. The molecule has 1 heterocycles. The highest BCUT2D eigenvalue weighted by Gasteiger charge is 2.47. The first kappa shape index (κ1) is 67.9. The molecular weight excluding hydrogens is 919 g/mol. The number of aliphatic hydroxyl groups excluding tert-OH is 5. The summed E-state index contributed by atoms with van der Waals surface area (Å²) >= 11 is 0. The maximum atomic E-state index is 13.4. The average molecular weight is 1030 g/mol. The highest BCUT2D eigenvalue weighted by atomic mass is 16.7. The van der Waals surface area contributed by atoms with Gasteiger partial charge >= 0.3 is 5.97 Å². The maximum absolute atomic E-state index is 13.4. The van der Waals surface area contributed by atoms with Crippen LogP contribution in [0.3, 0.4) is 0 Å². The molecule has 11 nitrogen and oxygen atoms in total. The van der Waals surface area contributed by atoms with Gasteiger partial charge in [0.1, 0.15) is 24.4 Å². The molecular formula is C62H107NO10. The van der Waals surface area contributed by atoms with Crippen LogP contribution in [0.25, 0.3) is 0 Å². The first-order chi connectivity index (χ1) is 35.7. The summed E-state index contributed by atoms with van der Waals surface area (Å²) < 4.78 is 17.6. The molecule has 0 aromatic carbocycles. The topological polar surface area (TPSA) is 175 Å². The quantitative estimate of drug-likeness (QED) is 0.0149. The molecule has 6 N–H and O–H groups in total. The Labute approximate surface area is 444 Å². The molecule has 0 spiro atoms. The van der Waals surface area contributed by atoms with Gasteiger partial charge in [-0.15, -0.1) is 0 Å². The van der Waals surface area contributed by atoms with E-state index in [-0.39, 0.29) is 19.4 Å². The minimum Gasteiger partial charge on any atom is -0.454 e. The van der Waals surface area contributed by atoms with Crippen LogP contribution in [0.5, 0.6) is 0 Å². The average Bonchev–Trinajstić information content (AvgIpc) is 3.39. The molecule has 0 saturated carbocycles. The van der Waals surface area contributed by atoms with Gasteiger partial charge in [0, 0.05) is 6.42 Å². The van der Waals surface area contributed by atoms with E-state index in [1.54, 1.807) is 6.08 Å². The van der Waals surface area contributed by atoms with Crippen molar-refractivity contribution in [1.82, 2.24) is 5.32 Å². The molecule has 1 rings (SSSR count). The third-order valence-corrected chi connectivity index (χ3v) is 13.4. The Kier molecular flexibility index (Phi) is 46.2. The van der Waals surface area contributed by atoms with E-state index < -0.39 is 67.4 Å². The maximum Gasteiger partial charge on any atom is 0.306 e. The zero-order chi connectivity index (χ0) is 53.3. The second kappa shape index (κ2) is 49.7. The summed E-state index contributed by atoms with van der Waals surface area (Å²) in [6.07, 6.45) is 53.3. The lowest BCUT2D eigenvalue weighted by atomic mass is 9.99. The monoisotopic (exact) mass is 1030 g/mol. The Morgan fingerprint density at radius 3 is 1.62 bits per heavy atom. The van der Waals surface area contributed by atoms with E-state index in [1.165, 1.54) is 96.3 Å². The number of amides is 1. The lowest BCUT2D eigenvalue weighted by molar-refractivity contribution is -0.305. The SMILES string of the molecule is CC/C=C/C=C/C=C/C=C\CCCCCCC(O)C(=O)NC(COC1OC(CO)C(O)C(O)C1OC(=O)CCCCCCCCC/C=C\C/C=C\CCCCC)C(O)/C=C/CCCCCCCCCCCCC. The van der Waals surface area contributed by atoms with Gasteiger partial charge < -0.3 is 45.1 Å². The fourth-order valence-electron chi connectivity index (χ4n) is 8.69. The zero-order valence-corrected chi connectivity index (χ0v) is 46.2. The summed E-state index contributed by atoms with van der Waals surface area (Å²) in [5.41, 5.74) is 0. The van der Waals surface area contributed by atoms with Crippen molar-refractivity contribution in [2.75, 3.05) is 13.2 Å². The smallest absolute Gasteiger partial charge is 0.306 e. The van der Waals surface area contributed by atoms with Gasteiger partial charge in [-0.05, 0) is 77.0 Å². The number of rotatable bonds is 48. The molecule has 0 aromatic rings. The Morgan fingerprint density at radius 2 is 1.04 bits per heavy atom. The molecule has 73 heavy (non-hydrogen) atoms.